The Bertz CT molecular complexity index is 800. The van der Waals surface area contributed by atoms with E-state index in [-0.39, 0.29) is 24.0 Å². The Labute approximate surface area is 170 Å². The Kier molecular flexibility index (Phi) is 6.06. The van der Waals surface area contributed by atoms with Crippen molar-refractivity contribution in [3.05, 3.63) is 51.5 Å². The second-order valence-corrected chi connectivity index (χ2v) is 9.09. The number of hydrazine groups is 1. The Morgan fingerprint density at radius 3 is 2.64 bits per heavy atom. The van der Waals surface area contributed by atoms with Crippen LogP contribution in [0.4, 0.5) is 0 Å². The van der Waals surface area contributed by atoms with E-state index in [1.54, 1.807) is 11.3 Å². The minimum atomic E-state index is -0.186. The minimum absolute atomic E-state index is 0.107. The number of likely N-dealkylation sites (tertiary alicyclic amines) is 1. The van der Waals surface area contributed by atoms with Crippen molar-refractivity contribution in [1.82, 2.24) is 26.1 Å². The third kappa shape index (κ3) is 4.60. The largest absolute Gasteiger partial charge is 0.352 e. The summed E-state index contributed by atoms with van der Waals surface area (Å²) in [6.45, 7) is 7.11. The van der Waals surface area contributed by atoms with Gasteiger partial charge in [0.15, 0.2) is 0 Å². The van der Waals surface area contributed by atoms with E-state index in [4.69, 9.17) is 0 Å². The van der Waals surface area contributed by atoms with Crippen LogP contribution in [-0.4, -0.2) is 41.0 Å². The number of nitrogens with zero attached hydrogens (tertiary/aromatic N) is 2. The molecule has 2 atom stereocenters. The van der Waals surface area contributed by atoms with Gasteiger partial charge in [-0.2, -0.15) is 0 Å². The van der Waals surface area contributed by atoms with Gasteiger partial charge in [0.05, 0.1) is 16.7 Å². The molecular formula is C21H29N5OS. The van der Waals surface area contributed by atoms with Crippen LogP contribution in [0.2, 0.25) is 0 Å². The SMILES string of the molecule is Cc1nc(C)c(C2CC(C(=O)NC3CCN(Cc4ccccc4)CC3)NN2)s1. The van der Waals surface area contributed by atoms with E-state index in [2.05, 4.69) is 56.4 Å². The number of carbonyl (C=O) groups excluding carboxylic acids is 1. The van der Waals surface area contributed by atoms with Gasteiger partial charge in [-0.05, 0) is 38.7 Å². The molecular weight excluding hydrogens is 370 g/mol. The molecule has 2 fully saturated rings. The molecule has 1 aromatic heterocycles. The lowest BCUT2D eigenvalue weighted by Gasteiger charge is -2.32. The van der Waals surface area contributed by atoms with E-state index in [1.807, 2.05) is 13.8 Å². The fourth-order valence-corrected chi connectivity index (χ4v) is 5.14. The summed E-state index contributed by atoms with van der Waals surface area (Å²) >= 11 is 1.71. The van der Waals surface area contributed by atoms with Gasteiger partial charge in [0.25, 0.3) is 0 Å². The maximum atomic E-state index is 12.7. The van der Waals surface area contributed by atoms with Crippen LogP contribution in [-0.2, 0) is 11.3 Å². The molecule has 150 valence electrons. The highest BCUT2D eigenvalue weighted by Gasteiger charge is 2.33. The van der Waals surface area contributed by atoms with Crippen LogP contribution in [0.5, 0.6) is 0 Å². The van der Waals surface area contributed by atoms with Crippen molar-refractivity contribution in [1.29, 1.82) is 0 Å². The van der Waals surface area contributed by atoms with Crippen LogP contribution in [0, 0.1) is 13.8 Å². The number of piperidine rings is 1. The Morgan fingerprint density at radius 2 is 1.96 bits per heavy atom. The number of thiazole rings is 1. The molecule has 3 N–H and O–H groups in total. The molecule has 0 aliphatic carbocycles. The Morgan fingerprint density at radius 1 is 1.21 bits per heavy atom. The molecule has 2 aromatic rings. The number of aromatic nitrogens is 1. The first-order valence-corrected chi connectivity index (χ1v) is 10.9. The van der Waals surface area contributed by atoms with E-state index in [0.717, 1.165) is 49.6 Å². The van der Waals surface area contributed by atoms with Crippen molar-refractivity contribution in [3.8, 4) is 0 Å². The van der Waals surface area contributed by atoms with Crippen LogP contribution in [0.3, 0.4) is 0 Å². The molecule has 2 aliphatic heterocycles. The molecule has 3 heterocycles. The number of benzene rings is 1. The smallest absolute Gasteiger partial charge is 0.238 e. The van der Waals surface area contributed by atoms with Crippen molar-refractivity contribution >= 4 is 17.2 Å². The summed E-state index contributed by atoms with van der Waals surface area (Å²) in [5, 5.41) is 4.33. The normalized spacial score (nSPS) is 23.8. The molecule has 1 aromatic carbocycles. The summed E-state index contributed by atoms with van der Waals surface area (Å²) < 4.78 is 0. The molecule has 7 heteroatoms. The third-order valence-electron chi connectivity index (χ3n) is 5.66. The number of aryl methyl sites for hydroxylation is 2. The van der Waals surface area contributed by atoms with Gasteiger partial charge in [0, 0.05) is 30.6 Å². The van der Waals surface area contributed by atoms with Gasteiger partial charge in [-0.1, -0.05) is 30.3 Å². The first-order chi connectivity index (χ1) is 13.6. The van der Waals surface area contributed by atoms with Gasteiger partial charge in [-0.3, -0.25) is 9.69 Å². The maximum Gasteiger partial charge on any atom is 0.238 e. The van der Waals surface area contributed by atoms with E-state index in [0.29, 0.717) is 0 Å². The average Bonchev–Trinajstić information content (AvgIpc) is 3.30. The predicted octanol–water partition coefficient (Wildman–Crippen LogP) is 2.45. The molecule has 0 saturated carbocycles. The zero-order valence-electron chi connectivity index (χ0n) is 16.6. The highest BCUT2D eigenvalue weighted by molar-refractivity contribution is 7.11. The fraction of sp³-hybridized carbons (Fsp3) is 0.524. The summed E-state index contributed by atoms with van der Waals surface area (Å²) in [6, 6.07) is 10.8. The summed E-state index contributed by atoms with van der Waals surface area (Å²) in [6.07, 6.45) is 2.78. The molecule has 0 spiro atoms. The molecule has 4 rings (SSSR count). The number of amides is 1. The van der Waals surface area contributed by atoms with Gasteiger partial charge in [-0.25, -0.2) is 15.8 Å². The topological polar surface area (TPSA) is 69.3 Å². The number of hydrogen-bond acceptors (Lipinski definition) is 6. The second kappa shape index (κ2) is 8.69. The highest BCUT2D eigenvalue weighted by atomic mass is 32.1. The van der Waals surface area contributed by atoms with Crippen LogP contribution in [0.25, 0.3) is 0 Å². The lowest BCUT2D eigenvalue weighted by atomic mass is 10.0. The van der Waals surface area contributed by atoms with Crippen LogP contribution in [0.15, 0.2) is 30.3 Å². The van der Waals surface area contributed by atoms with Crippen molar-refractivity contribution in [3.63, 3.8) is 0 Å². The molecule has 0 radical (unpaired) electrons. The fourth-order valence-electron chi connectivity index (χ4n) is 4.15. The molecule has 0 bridgehead atoms. The monoisotopic (exact) mass is 399 g/mol. The lowest BCUT2D eigenvalue weighted by Crippen LogP contribution is -2.50. The number of rotatable bonds is 5. The maximum absolute atomic E-state index is 12.7. The minimum Gasteiger partial charge on any atom is -0.352 e. The summed E-state index contributed by atoms with van der Waals surface area (Å²) in [4.78, 5) is 20.9. The van der Waals surface area contributed by atoms with Gasteiger partial charge >= 0.3 is 0 Å². The summed E-state index contributed by atoms with van der Waals surface area (Å²) in [5.74, 6) is 0.107. The first kappa shape index (κ1) is 19.5. The van der Waals surface area contributed by atoms with Gasteiger partial charge in [0.2, 0.25) is 5.91 Å². The summed E-state index contributed by atoms with van der Waals surface area (Å²) in [7, 11) is 0. The Hall–Kier alpha value is -1.80. The van der Waals surface area contributed by atoms with Gasteiger partial charge in [0.1, 0.15) is 6.04 Å². The molecule has 1 amide bonds. The zero-order chi connectivity index (χ0) is 19.5. The quantitative estimate of drug-likeness (QED) is 0.721. The van der Waals surface area contributed by atoms with Crippen molar-refractivity contribution in [2.75, 3.05) is 13.1 Å². The van der Waals surface area contributed by atoms with E-state index in [9.17, 15) is 4.79 Å². The van der Waals surface area contributed by atoms with E-state index < -0.39 is 0 Å². The Balaban J connectivity index is 1.23. The van der Waals surface area contributed by atoms with Crippen LogP contribution < -0.4 is 16.2 Å². The van der Waals surface area contributed by atoms with E-state index in [1.165, 1.54) is 10.4 Å². The molecule has 2 unspecified atom stereocenters. The van der Waals surface area contributed by atoms with Gasteiger partial charge < -0.3 is 5.32 Å². The van der Waals surface area contributed by atoms with Crippen molar-refractivity contribution < 1.29 is 4.79 Å². The summed E-state index contributed by atoms with van der Waals surface area (Å²) in [5.41, 5.74) is 8.88. The number of carbonyl (C=O) groups is 1. The van der Waals surface area contributed by atoms with Crippen LogP contribution >= 0.6 is 11.3 Å². The van der Waals surface area contributed by atoms with Gasteiger partial charge in [-0.15, -0.1) is 11.3 Å². The molecule has 2 saturated heterocycles. The predicted molar refractivity (Wildman–Crippen MR) is 112 cm³/mol. The average molecular weight is 400 g/mol. The zero-order valence-corrected chi connectivity index (χ0v) is 17.4. The molecule has 2 aliphatic rings. The number of nitrogens with one attached hydrogen (secondary N) is 3. The van der Waals surface area contributed by atoms with Crippen LogP contribution in [0.1, 0.15) is 46.4 Å². The number of hydrogen-bond donors (Lipinski definition) is 3. The highest BCUT2D eigenvalue weighted by Crippen LogP contribution is 2.30. The van der Waals surface area contributed by atoms with Crippen molar-refractivity contribution in [2.24, 2.45) is 0 Å². The van der Waals surface area contributed by atoms with Crippen molar-refractivity contribution in [2.45, 2.75) is 57.8 Å². The first-order valence-electron chi connectivity index (χ1n) is 10.1. The third-order valence-corrected chi connectivity index (χ3v) is 6.85. The standard InChI is InChI=1S/C21H29N5OS/c1-14-20(28-15(2)22-14)18-12-19(25-24-18)21(27)23-17-8-10-26(11-9-17)13-16-6-4-3-5-7-16/h3-7,17-19,24-25H,8-13H2,1-2H3,(H,23,27). The molecule has 6 nitrogen and oxygen atoms in total. The lowest BCUT2D eigenvalue weighted by molar-refractivity contribution is -0.123. The molecule has 28 heavy (non-hydrogen) atoms. The second-order valence-electron chi connectivity index (χ2n) is 7.86. The van der Waals surface area contributed by atoms with E-state index >= 15 is 0 Å².